The van der Waals surface area contributed by atoms with Crippen molar-refractivity contribution in [3.05, 3.63) is 0 Å². The first-order valence-electron chi connectivity index (χ1n) is 5.86. The van der Waals surface area contributed by atoms with Crippen LogP contribution in [0.3, 0.4) is 0 Å². The largest absolute Gasteiger partial charge is 0.481 e. The highest BCUT2D eigenvalue weighted by atomic mass is 19.4. The fourth-order valence-electron chi connectivity index (χ4n) is 1.92. The van der Waals surface area contributed by atoms with E-state index >= 15 is 0 Å². The average molecular weight is 282 g/mol. The zero-order valence-electron chi connectivity index (χ0n) is 10.8. The van der Waals surface area contributed by atoms with E-state index in [1.165, 1.54) is 0 Å². The smallest absolute Gasteiger partial charge is 0.471 e. The molecule has 1 amide bonds. The molecular formula is C11H17F3N2O3. The Morgan fingerprint density at radius 2 is 1.58 bits per heavy atom. The zero-order chi connectivity index (χ0) is 14.8. The van der Waals surface area contributed by atoms with Crippen LogP contribution in [0.5, 0.6) is 0 Å². The van der Waals surface area contributed by atoms with E-state index in [0.717, 1.165) is 4.90 Å². The molecule has 1 fully saturated rings. The van der Waals surface area contributed by atoms with Gasteiger partial charge in [-0.2, -0.15) is 13.2 Å². The number of rotatable bonds is 3. The number of carboxylic acids is 1. The summed E-state index contributed by atoms with van der Waals surface area (Å²) in [4.78, 5) is 24.5. The molecule has 0 aromatic heterocycles. The normalized spacial score (nSPS) is 18.5. The number of carbonyl (C=O) groups is 2. The van der Waals surface area contributed by atoms with E-state index in [1.807, 2.05) is 0 Å². The van der Waals surface area contributed by atoms with Gasteiger partial charge in [0.2, 0.25) is 0 Å². The van der Waals surface area contributed by atoms with Gasteiger partial charge < -0.3 is 10.0 Å². The number of hydrogen-bond donors (Lipinski definition) is 1. The molecule has 19 heavy (non-hydrogen) atoms. The van der Waals surface area contributed by atoms with Crippen LogP contribution in [0.25, 0.3) is 0 Å². The summed E-state index contributed by atoms with van der Waals surface area (Å²) in [5.41, 5.74) is -0.962. The maximum Gasteiger partial charge on any atom is 0.471 e. The predicted molar refractivity (Wildman–Crippen MR) is 60.5 cm³/mol. The summed E-state index contributed by atoms with van der Waals surface area (Å²) in [5, 5.41) is 8.98. The highest BCUT2D eigenvalue weighted by Crippen LogP contribution is 2.21. The Morgan fingerprint density at radius 3 is 1.95 bits per heavy atom. The van der Waals surface area contributed by atoms with E-state index in [0.29, 0.717) is 0 Å². The number of carbonyl (C=O) groups excluding carboxylic acids is 1. The van der Waals surface area contributed by atoms with Crippen LogP contribution >= 0.6 is 0 Å². The van der Waals surface area contributed by atoms with Crippen molar-refractivity contribution in [3.8, 4) is 0 Å². The maximum atomic E-state index is 12.2. The Bertz CT molecular complexity index is 361. The summed E-state index contributed by atoms with van der Waals surface area (Å²) >= 11 is 0. The molecule has 1 aliphatic rings. The van der Waals surface area contributed by atoms with Gasteiger partial charge in [0.1, 0.15) is 0 Å². The second-order valence-electron chi connectivity index (χ2n) is 5.26. The lowest BCUT2D eigenvalue weighted by atomic mass is 9.93. The summed E-state index contributed by atoms with van der Waals surface area (Å²) < 4.78 is 36.7. The van der Waals surface area contributed by atoms with Crippen LogP contribution in [-0.2, 0) is 9.59 Å². The standard InChI is InChI=1S/C11H17F3N2O3/c1-10(2,9(18)19)7-15-3-5-16(6-4-15)8(17)11(12,13)14/h3-7H2,1-2H3,(H,18,19). The Morgan fingerprint density at radius 1 is 1.11 bits per heavy atom. The van der Waals surface area contributed by atoms with Crippen LogP contribution in [0.2, 0.25) is 0 Å². The summed E-state index contributed by atoms with van der Waals surface area (Å²) in [6, 6.07) is 0. The van der Waals surface area contributed by atoms with E-state index in [-0.39, 0.29) is 32.7 Å². The molecule has 0 radical (unpaired) electrons. The second-order valence-corrected chi connectivity index (χ2v) is 5.26. The molecule has 1 aliphatic heterocycles. The Labute approximate surface area is 109 Å². The minimum atomic E-state index is -4.84. The SMILES string of the molecule is CC(C)(CN1CCN(C(=O)C(F)(F)F)CC1)C(=O)O. The Kier molecular flexibility index (Phi) is 4.44. The third-order valence-corrected chi connectivity index (χ3v) is 3.10. The van der Waals surface area contributed by atoms with Crippen molar-refractivity contribution in [2.24, 2.45) is 5.41 Å². The third kappa shape index (κ3) is 4.09. The van der Waals surface area contributed by atoms with E-state index in [4.69, 9.17) is 5.11 Å². The lowest BCUT2D eigenvalue weighted by molar-refractivity contribution is -0.187. The molecule has 8 heteroatoms. The van der Waals surface area contributed by atoms with Crippen LogP contribution in [-0.4, -0.2) is 65.7 Å². The topological polar surface area (TPSA) is 60.9 Å². The molecule has 1 rings (SSSR count). The molecule has 0 saturated carbocycles. The lowest BCUT2D eigenvalue weighted by Crippen LogP contribution is -2.54. The van der Waals surface area contributed by atoms with Crippen LogP contribution < -0.4 is 0 Å². The Balaban J connectivity index is 2.50. The first-order chi connectivity index (χ1) is 8.54. The minimum absolute atomic E-state index is 0.0337. The van der Waals surface area contributed by atoms with E-state index in [9.17, 15) is 22.8 Å². The molecular weight excluding hydrogens is 265 g/mol. The van der Waals surface area contributed by atoms with Crippen molar-refractivity contribution in [2.45, 2.75) is 20.0 Å². The van der Waals surface area contributed by atoms with E-state index in [2.05, 4.69) is 0 Å². The summed E-state index contributed by atoms with van der Waals surface area (Å²) in [5.74, 6) is -2.79. The van der Waals surface area contributed by atoms with Crippen molar-refractivity contribution in [1.82, 2.24) is 9.80 Å². The van der Waals surface area contributed by atoms with Crippen LogP contribution in [0, 0.1) is 5.41 Å². The number of carboxylic acid groups (broad SMARTS) is 1. The number of alkyl halides is 3. The molecule has 0 atom stereocenters. The van der Waals surface area contributed by atoms with Gasteiger partial charge in [0.25, 0.3) is 0 Å². The van der Waals surface area contributed by atoms with E-state index in [1.54, 1.807) is 18.7 Å². The molecule has 5 nitrogen and oxygen atoms in total. The number of aliphatic carboxylic acids is 1. The van der Waals surface area contributed by atoms with Gasteiger partial charge in [-0.25, -0.2) is 0 Å². The zero-order valence-corrected chi connectivity index (χ0v) is 10.8. The van der Waals surface area contributed by atoms with Crippen molar-refractivity contribution >= 4 is 11.9 Å². The first kappa shape index (κ1) is 15.7. The quantitative estimate of drug-likeness (QED) is 0.832. The summed E-state index contributed by atoms with van der Waals surface area (Å²) in [6.07, 6.45) is -4.84. The van der Waals surface area contributed by atoms with Gasteiger partial charge in [-0.15, -0.1) is 0 Å². The predicted octanol–water partition coefficient (Wildman–Crippen LogP) is 0.804. The lowest BCUT2D eigenvalue weighted by Gasteiger charge is -2.37. The number of amides is 1. The monoisotopic (exact) mass is 282 g/mol. The Hall–Kier alpha value is -1.31. The number of piperazine rings is 1. The van der Waals surface area contributed by atoms with Crippen LogP contribution in [0.1, 0.15) is 13.8 Å². The fourth-order valence-corrected chi connectivity index (χ4v) is 1.92. The average Bonchev–Trinajstić information content (AvgIpc) is 2.27. The first-order valence-corrected chi connectivity index (χ1v) is 5.86. The molecule has 110 valence electrons. The molecule has 1 N–H and O–H groups in total. The molecule has 1 saturated heterocycles. The van der Waals surface area contributed by atoms with Gasteiger partial charge in [0.15, 0.2) is 0 Å². The third-order valence-electron chi connectivity index (χ3n) is 3.10. The van der Waals surface area contributed by atoms with Gasteiger partial charge in [0, 0.05) is 32.7 Å². The number of halogens is 3. The van der Waals surface area contributed by atoms with Crippen molar-refractivity contribution in [1.29, 1.82) is 0 Å². The fraction of sp³-hybridized carbons (Fsp3) is 0.818. The van der Waals surface area contributed by atoms with Crippen molar-refractivity contribution < 1.29 is 27.9 Å². The highest BCUT2D eigenvalue weighted by molar-refractivity contribution is 5.82. The van der Waals surface area contributed by atoms with Gasteiger partial charge in [-0.3, -0.25) is 14.5 Å². The maximum absolute atomic E-state index is 12.2. The molecule has 1 heterocycles. The van der Waals surface area contributed by atoms with Gasteiger partial charge in [-0.1, -0.05) is 0 Å². The minimum Gasteiger partial charge on any atom is -0.481 e. The summed E-state index contributed by atoms with van der Waals surface area (Å²) in [6.45, 7) is 3.79. The van der Waals surface area contributed by atoms with Gasteiger partial charge >= 0.3 is 18.1 Å². The van der Waals surface area contributed by atoms with E-state index < -0.39 is 23.5 Å². The van der Waals surface area contributed by atoms with Crippen molar-refractivity contribution in [3.63, 3.8) is 0 Å². The summed E-state index contributed by atoms with van der Waals surface area (Å²) in [7, 11) is 0. The molecule has 0 bridgehead atoms. The number of nitrogens with zero attached hydrogens (tertiary/aromatic N) is 2. The van der Waals surface area contributed by atoms with Gasteiger partial charge in [0.05, 0.1) is 5.41 Å². The highest BCUT2D eigenvalue weighted by Gasteiger charge is 2.43. The van der Waals surface area contributed by atoms with Crippen molar-refractivity contribution in [2.75, 3.05) is 32.7 Å². The molecule has 0 unspecified atom stereocenters. The molecule has 0 aromatic rings. The second kappa shape index (κ2) is 5.36. The van der Waals surface area contributed by atoms with Crippen LogP contribution in [0.4, 0.5) is 13.2 Å². The van der Waals surface area contributed by atoms with Gasteiger partial charge in [-0.05, 0) is 13.8 Å². The molecule has 0 spiro atoms. The molecule has 0 aliphatic carbocycles. The van der Waals surface area contributed by atoms with Crippen LogP contribution in [0.15, 0.2) is 0 Å². The number of hydrogen-bond acceptors (Lipinski definition) is 3. The molecule has 0 aromatic carbocycles.